The lowest BCUT2D eigenvalue weighted by Gasteiger charge is -2.33. The van der Waals surface area contributed by atoms with E-state index in [4.69, 9.17) is 4.74 Å². The molecule has 2 N–H and O–H groups in total. The second-order valence-corrected chi connectivity index (χ2v) is 7.18. The predicted molar refractivity (Wildman–Crippen MR) is 102 cm³/mol. The number of carbonyl (C=O) groups excluding carboxylic acids is 2. The smallest absolute Gasteiger partial charge is 0.251 e. The molecule has 1 fully saturated rings. The third-order valence-corrected chi connectivity index (χ3v) is 4.28. The maximum Gasteiger partial charge on any atom is 0.251 e. The second-order valence-electron chi connectivity index (χ2n) is 7.18. The van der Waals surface area contributed by atoms with Crippen LogP contribution in [0.1, 0.15) is 37.0 Å². The molecule has 0 saturated carbocycles. The molecule has 1 aliphatic heterocycles. The number of rotatable bonds is 9. The lowest BCUT2D eigenvalue weighted by molar-refractivity contribution is -0.122. The van der Waals surface area contributed by atoms with Crippen molar-refractivity contribution in [3.8, 4) is 0 Å². The summed E-state index contributed by atoms with van der Waals surface area (Å²) in [6, 6.07) is 9.08. The first kappa shape index (κ1) is 20.4. The van der Waals surface area contributed by atoms with Gasteiger partial charge in [-0.05, 0) is 24.5 Å². The van der Waals surface area contributed by atoms with Gasteiger partial charge in [-0.15, -0.1) is 0 Å². The maximum absolute atomic E-state index is 12.0. The molecule has 1 aromatic carbocycles. The second kappa shape index (κ2) is 10.9. The summed E-state index contributed by atoms with van der Waals surface area (Å²) in [6.07, 6.45) is 1.08. The van der Waals surface area contributed by atoms with E-state index in [-0.39, 0.29) is 17.9 Å². The number of amides is 2. The highest BCUT2D eigenvalue weighted by Gasteiger charge is 2.21. The summed E-state index contributed by atoms with van der Waals surface area (Å²) < 4.78 is 5.73. The topological polar surface area (TPSA) is 70.7 Å². The summed E-state index contributed by atoms with van der Waals surface area (Å²) >= 11 is 0. The van der Waals surface area contributed by atoms with E-state index < -0.39 is 0 Å². The van der Waals surface area contributed by atoms with E-state index in [1.54, 1.807) is 12.1 Å². The highest BCUT2D eigenvalue weighted by molar-refractivity contribution is 5.94. The van der Waals surface area contributed by atoms with E-state index in [1.807, 2.05) is 18.2 Å². The summed E-state index contributed by atoms with van der Waals surface area (Å²) in [6.45, 7) is 9.07. The lowest BCUT2D eigenvalue weighted by atomic mass is 10.2. The Hall–Kier alpha value is -1.92. The number of hydrogen-bond acceptors (Lipinski definition) is 4. The third-order valence-electron chi connectivity index (χ3n) is 4.28. The van der Waals surface area contributed by atoms with E-state index in [2.05, 4.69) is 29.4 Å². The monoisotopic (exact) mass is 361 g/mol. The maximum atomic E-state index is 12.0. The molecular weight excluding hydrogens is 330 g/mol. The van der Waals surface area contributed by atoms with Gasteiger partial charge in [-0.2, -0.15) is 0 Å². The Morgan fingerprint density at radius 1 is 1.23 bits per heavy atom. The van der Waals surface area contributed by atoms with Crippen LogP contribution in [-0.2, 0) is 9.53 Å². The van der Waals surface area contributed by atoms with E-state index in [0.717, 1.165) is 26.2 Å². The molecule has 0 aromatic heterocycles. The highest BCUT2D eigenvalue weighted by Crippen LogP contribution is 2.07. The molecule has 6 heteroatoms. The summed E-state index contributed by atoms with van der Waals surface area (Å²) in [5.74, 6) is 0.532. The Labute approximate surface area is 156 Å². The normalized spacial score (nSPS) is 17.9. The van der Waals surface area contributed by atoms with E-state index >= 15 is 0 Å². The van der Waals surface area contributed by atoms with Gasteiger partial charge in [0, 0.05) is 44.7 Å². The van der Waals surface area contributed by atoms with Gasteiger partial charge in [-0.25, -0.2) is 0 Å². The van der Waals surface area contributed by atoms with E-state index in [9.17, 15) is 9.59 Å². The molecule has 2 rings (SSSR count). The van der Waals surface area contributed by atoms with Gasteiger partial charge in [0.2, 0.25) is 5.91 Å². The van der Waals surface area contributed by atoms with Crippen molar-refractivity contribution in [1.29, 1.82) is 0 Å². The molecular formula is C20H31N3O3. The van der Waals surface area contributed by atoms with Crippen LogP contribution in [0.25, 0.3) is 0 Å². The molecule has 6 nitrogen and oxygen atoms in total. The van der Waals surface area contributed by atoms with Gasteiger partial charge in [0.05, 0.1) is 12.7 Å². The van der Waals surface area contributed by atoms with Gasteiger partial charge in [0.1, 0.15) is 0 Å². The van der Waals surface area contributed by atoms with Crippen LogP contribution < -0.4 is 10.6 Å². The highest BCUT2D eigenvalue weighted by atomic mass is 16.5. The number of morpholine rings is 1. The molecule has 26 heavy (non-hydrogen) atoms. The van der Waals surface area contributed by atoms with Crippen molar-refractivity contribution < 1.29 is 14.3 Å². The van der Waals surface area contributed by atoms with E-state index in [1.165, 1.54) is 0 Å². The first-order chi connectivity index (χ1) is 12.5. The Morgan fingerprint density at radius 3 is 2.73 bits per heavy atom. The molecule has 0 aliphatic carbocycles. The van der Waals surface area contributed by atoms with Crippen LogP contribution in [0.15, 0.2) is 30.3 Å². The van der Waals surface area contributed by atoms with Crippen LogP contribution >= 0.6 is 0 Å². The molecule has 1 saturated heterocycles. The third kappa shape index (κ3) is 7.54. The zero-order chi connectivity index (χ0) is 18.8. The van der Waals surface area contributed by atoms with Crippen LogP contribution in [0.3, 0.4) is 0 Å². The standard InChI is InChI=1S/C20H31N3O3/c1-16(2)14-23-11-12-26-18(15-23)13-22-19(24)9-6-10-21-20(25)17-7-4-3-5-8-17/h3-5,7-8,16,18H,6,9-15H2,1-2H3,(H,21,25)(H,22,24). The Balaban J connectivity index is 1.57. The van der Waals surface area contributed by atoms with Gasteiger partial charge >= 0.3 is 0 Å². The average molecular weight is 361 g/mol. The van der Waals surface area contributed by atoms with Gasteiger partial charge in [0.15, 0.2) is 0 Å². The molecule has 1 aromatic rings. The Bertz CT molecular complexity index is 563. The number of nitrogens with zero attached hydrogens (tertiary/aromatic N) is 1. The fourth-order valence-corrected chi connectivity index (χ4v) is 3.04. The Morgan fingerprint density at radius 2 is 2.00 bits per heavy atom. The molecule has 0 spiro atoms. The van der Waals surface area contributed by atoms with Crippen LogP contribution in [0.4, 0.5) is 0 Å². The largest absolute Gasteiger partial charge is 0.374 e. The molecule has 144 valence electrons. The minimum Gasteiger partial charge on any atom is -0.374 e. The summed E-state index contributed by atoms with van der Waals surface area (Å²) in [7, 11) is 0. The SMILES string of the molecule is CC(C)CN1CCOC(CNC(=O)CCCNC(=O)c2ccccc2)C1. The Kier molecular flexibility index (Phi) is 8.58. The van der Waals surface area contributed by atoms with Crippen molar-refractivity contribution in [1.82, 2.24) is 15.5 Å². The fraction of sp³-hybridized carbons (Fsp3) is 0.600. The van der Waals surface area contributed by atoms with Gasteiger partial charge < -0.3 is 15.4 Å². The van der Waals surface area contributed by atoms with Crippen LogP contribution in [0.5, 0.6) is 0 Å². The molecule has 1 aliphatic rings. The number of ether oxygens (including phenoxy) is 1. The minimum atomic E-state index is -0.105. The first-order valence-corrected chi connectivity index (χ1v) is 9.48. The fourth-order valence-electron chi connectivity index (χ4n) is 3.04. The lowest BCUT2D eigenvalue weighted by Crippen LogP contribution is -2.48. The predicted octanol–water partition coefficient (Wildman–Crippen LogP) is 1.67. The summed E-state index contributed by atoms with van der Waals surface area (Å²) in [4.78, 5) is 26.3. The molecule has 0 radical (unpaired) electrons. The van der Waals surface area contributed by atoms with E-state index in [0.29, 0.717) is 37.4 Å². The van der Waals surface area contributed by atoms with Gasteiger partial charge in [-0.3, -0.25) is 14.5 Å². The molecule has 1 atom stereocenters. The zero-order valence-corrected chi connectivity index (χ0v) is 15.9. The average Bonchev–Trinajstić information content (AvgIpc) is 2.64. The molecule has 1 unspecified atom stereocenters. The molecule has 0 bridgehead atoms. The number of hydrogen-bond donors (Lipinski definition) is 2. The van der Waals surface area contributed by atoms with Crippen molar-refractivity contribution in [2.24, 2.45) is 5.92 Å². The quantitative estimate of drug-likeness (QED) is 0.657. The van der Waals surface area contributed by atoms with Crippen molar-refractivity contribution in [3.05, 3.63) is 35.9 Å². The van der Waals surface area contributed by atoms with Crippen molar-refractivity contribution in [2.75, 3.05) is 39.3 Å². The zero-order valence-electron chi connectivity index (χ0n) is 15.9. The number of carbonyl (C=O) groups is 2. The minimum absolute atomic E-state index is 0.00328. The first-order valence-electron chi connectivity index (χ1n) is 9.48. The van der Waals surface area contributed by atoms with Gasteiger partial charge in [-0.1, -0.05) is 32.0 Å². The van der Waals surface area contributed by atoms with Crippen molar-refractivity contribution >= 4 is 11.8 Å². The van der Waals surface area contributed by atoms with Crippen molar-refractivity contribution in [3.63, 3.8) is 0 Å². The van der Waals surface area contributed by atoms with Crippen molar-refractivity contribution in [2.45, 2.75) is 32.8 Å². The summed E-state index contributed by atoms with van der Waals surface area (Å²) in [5.41, 5.74) is 0.636. The van der Waals surface area contributed by atoms with Gasteiger partial charge in [0.25, 0.3) is 5.91 Å². The summed E-state index contributed by atoms with van der Waals surface area (Å²) in [5, 5.41) is 5.78. The van der Waals surface area contributed by atoms with Crippen LogP contribution in [-0.4, -0.2) is 62.1 Å². The van der Waals surface area contributed by atoms with Crippen LogP contribution in [0, 0.1) is 5.92 Å². The number of benzene rings is 1. The number of nitrogens with one attached hydrogen (secondary N) is 2. The van der Waals surface area contributed by atoms with Crippen LogP contribution in [0.2, 0.25) is 0 Å². The molecule has 2 amide bonds. The molecule has 1 heterocycles.